The Labute approximate surface area is 94.4 Å². The van der Waals surface area contributed by atoms with E-state index in [1.165, 1.54) is 30.2 Å². The van der Waals surface area contributed by atoms with Gasteiger partial charge in [-0.25, -0.2) is 0 Å². The zero-order valence-corrected chi connectivity index (χ0v) is 9.65. The Balaban J connectivity index is 1.99. The average molecular weight is 228 g/mol. The molecule has 0 saturated carbocycles. The van der Waals surface area contributed by atoms with Crippen molar-refractivity contribution >= 4 is 23.4 Å². The molecule has 1 heterocycles. The summed E-state index contributed by atoms with van der Waals surface area (Å²) in [6, 6.07) is 8.12. The average Bonchev–Trinajstić information content (AvgIpc) is 2.23. The molecule has 0 aliphatic carbocycles. The van der Waals surface area contributed by atoms with Crippen molar-refractivity contribution in [2.24, 2.45) is 0 Å². The van der Waals surface area contributed by atoms with Gasteiger partial charge in [0.2, 0.25) is 0 Å². The summed E-state index contributed by atoms with van der Waals surface area (Å²) < 4.78 is 0. The quantitative estimate of drug-likeness (QED) is 0.765. The number of thioether (sulfide) groups is 1. The lowest BCUT2D eigenvalue weighted by molar-refractivity contribution is 0.294. The first kappa shape index (κ1) is 10.3. The summed E-state index contributed by atoms with van der Waals surface area (Å²) in [4.78, 5) is 2.47. The van der Waals surface area contributed by atoms with Crippen LogP contribution in [0.25, 0.3) is 0 Å². The first-order valence-electron chi connectivity index (χ1n) is 4.90. The van der Waals surface area contributed by atoms with Gasteiger partial charge >= 0.3 is 0 Å². The molecule has 0 radical (unpaired) electrons. The van der Waals surface area contributed by atoms with Crippen LogP contribution < -0.4 is 0 Å². The lowest BCUT2D eigenvalue weighted by Gasteiger charge is -2.26. The third kappa shape index (κ3) is 2.66. The second-order valence-electron chi connectivity index (χ2n) is 3.48. The molecule has 1 aromatic rings. The van der Waals surface area contributed by atoms with Crippen LogP contribution in [0.15, 0.2) is 24.3 Å². The van der Waals surface area contributed by atoms with Gasteiger partial charge in [0.1, 0.15) is 0 Å². The molecule has 0 amide bonds. The van der Waals surface area contributed by atoms with E-state index in [1.807, 2.05) is 23.9 Å². The van der Waals surface area contributed by atoms with Crippen LogP contribution in [-0.4, -0.2) is 29.5 Å². The monoisotopic (exact) mass is 227 g/mol. The first-order valence-corrected chi connectivity index (χ1v) is 6.43. The standard InChI is InChI=1S/C11H14ClNS/c12-11-4-2-1-3-10(11)9-13-5-7-14-8-6-13/h1-4H,5-9H2. The molecule has 1 nitrogen and oxygen atoms in total. The molecule has 1 aliphatic heterocycles. The Morgan fingerprint density at radius 3 is 2.64 bits per heavy atom. The molecule has 2 rings (SSSR count). The molecule has 0 N–H and O–H groups in total. The molecule has 0 unspecified atom stereocenters. The number of hydrogen-bond donors (Lipinski definition) is 0. The largest absolute Gasteiger partial charge is 0.297 e. The smallest absolute Gasteiger partial charge is 0.0451 e. The maximum absolute atomic E-state index is 6.11. The summed E-state index contributed by atoms with van der Waals surface area (Å²) in [6.07, 6.45) is 0. The molecule has 0 atom stereocenters. The number of nitrogens with zero attached hydrogens (tertiary/aromatic N) is 1. The summed E-state index contributed by atoms with van der Waals surface area (Å²) in [5.74, 6) is 2.51. The summed E-state index contributed by atoms with van der Waals surface area (Å²) in [5.41, 5.74) is 1.25. The molecular formula is C11H14ClNS. The topological polar surface area (TPSA) is 3.24 Å². The molecule has 14 heavy (non-hydrogen) atoms. The summed E-state index contributed by atoms with van der Waals surface area (Å²) in [5, 5.41) is 0.894. The van der Waals surface area contributed by atoms with Gasteiger partial charge in [0.15, 0.2) is 0 Å². The van der Waals surface area contributed by atoms with Crippen LogP contribution in [0.2, 0.25) is 5.02 Å². The Morgan fingerprint density at radius 2 is 1.93 bits per heavy atom. The maximum Gasteiger partial charge on any atom is 0.0451 e. The van der Waals surface area contributed by atoms with Crippen LogP contribution in [0.1, 0.15) is 5.56 Å². The van der Waals surface area contributed by atoms with E-state index in [1.54, 1.807) is 0 Å². The molecular weight excluding hydrogens is 214 g/mol. The fourth-order valence-electron chi connectivity index (χ4n) is 1.63. The summed E-state index contributed by atoms with van der Waals surface area (Å²) >= 11 is 8.15. The maximum atomic E-state index is 6.11. The Bertz CT molecular complexity index is 297. The zero-order chi connectivity index (χ0) is 9.80. The van der Waals surface area contributed by atoms with Gasteiger partial charge in [0.05, 0.1) is 0 Å². The third-order valence-electron chi connectivity index (χ3n) is 2.46. The van der Waals surface area contributed by atoms with Gasteiger partial charge in [-0.05, 0) is 11.6 Å². The highest BCUT2D eigenvalue weighted by molar-refractivity contribution is 7.99. The van der Waals surface area contributed by atoms with Crippen LogP contribution in [-0.2, 0) is 6.54 Å². The second kappa shape index (κ2) is 5.06. The highest BCUT2D eigenvalue weighted by Crippen LogP contribution is 2.19. The summed E-state index contributed by atoms with van der Waals surface area (Å²) in [7, 11) is 0. The molecule has 3 heteroatoms. The molecule has 1 aliphatic rings. The molecule has 0 spiro atoms. The fraction of sp³-hybridized carbons (Fsp3) is 0.455. The van der Waals surface area contributed by atoms with Crippen LogP contribution in [0.4, 0.5) is 0 Å². The lowest BCUT2D eigenvalue weighted by Crippen LogP contribution is -2.32. The Hall–Kier alpha value is -0.180. The molecule has 1 aromatic carbocycles. The van der Waals surface area contributed by atoms with Crippen LogP contribution >= 0.6 is 23.4 Å². The second-order valence-corrected chi connectivity index (χ2v) is 5.11. The first-order chi connectivity index (χ1) is 6.86. The third-order valence-corrected chi connectivity index (χ3v) is 3.77. The normalized spacial score (nSPS) is 18.4. The predicted octanol–water partition coefficient (Wildman–Crippen LogP) is 2.89. The number of benzene rings is 1. The minimum Gasteiger partial charge on any atom is -0.297 e. The Kier molecular flexibility index (Phi) is 3.74. The van der Waals surface area contributed by atoms with E-state index in [0.29, 0.717) is 0 Å². The van der Waals surface area contributed by atoms with E-state index in [0.717, 1.165) is 11.6 Å². The van der Waals surface area contributed by atoms with Gasteiger partial charge in [0.25, 0.3) is 0 Å². The van der Waals surface area contributed by atoms with E-state index >= 15 is 0 Å². The van der Waals surface area contributed by atoms with E-state index < -0.39 is 0 Å². The van der Waals surface area contributed by atoms with E-state index in [2.05, 4.69) is 17.0 Å². The lowest BCUT2D eigenvalue weighted by atomic mass is 10.2. The van der Waals surface area contributed by atoms with Gasteiger partial charge in [0, 0.05) is 36.2 Å². The number of rotatable bonds is 2. The van der Waals surface area contributed by atoms with Crippen LogP contribution in [0.5, 0.6) is 0 Å². The minimum absolute atomic E-state index is 0.894. The van der Waals surface area contributed by atoms with Crippen molar-refractivity contribution in [3.05, 3.63) is 34.9 Å². The summed E-state index contributed by atoms with van der Waals surface area (Å²) in [6.45, 7) is 3.38. The highest BCUT2D eigenvalue weighted by atomic mass is 35.5. The van der Waals surface area contributed by atoms with Crippen molar-refractivity contribution in [1.29, 1.82) is 0 Å². The van der Waals surface area contributed by atoms with Crippen molar-refractivity contribution in [1.82, 2.24) is 4.90 Å². The van der Waals surface area contributed by atoms with Gasteiger partial charge in [-0.15, -0.1) is 0 Å². The Morgan fingerprint density at radius 1 is 1.21 bits per heavy atom. The minimum atomic E-state index is 0.894. The van der Waals surface area contributed by atoms with E-state index in [4.69, 9.17) is 11.6 Å². The van der Waals surface area contributed by atoms with Crippen LogP contribution in [0, 0.1) is 0 Å². The molecule has 0 aromatic heterocycles. The predicted molar refractivity (Wildman–Crippen MR) is 64.1 cm³/mol. The van der Waals surface area contributed by atoms with Crippen molar-refractivity contribution in [3.63, 3.8) is 0 Å². The molecule has 76 valence electrons. The molecule has 1 fully saturated rings. The van der Waals surface area contributed by atoms with Crippen molar-refractivity contribution in [2.45, 2.75) is 6.54 Å². The SMILES string of the molecule is Clc1ccccc1CN1CCSCC1. The molecule has 0 bridgehead atoms. The number of halogens is 1. The van der Waals surface area contributed by atoms with Gasteiger partial charge < -0.3 is 0 Å². The highest BCUT2D eigenvalue weighted by Gasteiger charge is 2.11. The van der Waals surface area contributed by atoms with E-state index in [9.17, 15) is 0 Å². The van der Waals surface area contributed by atoms with Crippen molar-refractivity contribution in [2.75, 3.05) is 24.6 Å². The van der Waals surface area contributed by atoms with Gasteiger partial charge in [-0.2, -0.15) is 11.8 Å². The van der Waals surface area contributed by atoms with Gasteiger partial charge in [-0.1, -0.05) is 29.8 Å². The number of hydrogen-bond acceptors (Lipinski definition) is 2. The van der Waals surface area contributed by atoms with Gasteiger partial charge in [-0.3, -0.25) is 4.90 Å². The fourth-order valence-corrected chi connectivity index (χ4v) is 2.80. The van der Waals surface area contributed by atoms with E-state index in [-0.39, 0.29) is 0 Å². The molecule has 1 saturated heterocycles. The zero-order valence-electron chi connectivity index (χ0n) is 8.08. The van der Waals surface area contributed by atoms with Crippen LogP contribution in [0.3, 0.4) is 0 Å². The van der Waals surface area contributed by atoms with Crippen molar-refractivity contribution < 1.29 is 0 Å². The van der Waals surface area contributed by atoms with Crippen molar-refractivity contribution in [3.8, 4) is 0 Å².